The Balaban J connectivity index is 1.63. The number of phenolic OH excluding ortho intramolecular Hbond substituents is 2. The molecule has 1 heterocycles. The van der Waals surface area contributed by atoms with E-state index < -0.39 is 53.6 Å². The number of hydrogen-bond donors (Lipinski definition) is 6. The Kier molecular flexibility index (Phi) is 6.38. The van der Waals surface area contributed by atoms with Crippen LogP contribution in [0.5, 0.6) is 11.5 Å². The van der Waals surface area contributed by atoms with Crippen LogP contribution in [0.1, 0.15) is 88.3 Å². The number of rotatable bonds is 4. The minimum Gasteiger partial charge on any atom is -0.507 e. The predicted octanol–water partition coefficient (Wildman–Crippen LogP) is 1.59. The average Bonchev–Trinajstić information content (AvgIpc) is 2.87. The molecule has 1 aliphatic heterocycles. The summed E-state index contributed by atoms with van der Waals surface area (Å²) in [5.41, 5.74) is -2.17. The number of hydrogen-bond acceptors (Lipinski definition) is 10. The zero-order valence-corrected chi connectivity index (χ0v) is 20.8. The Hall–Kier alpha value is -2.86. The van der Waals surface area contributed by atoms with Gasteiger partial charge in [0.1, 0.15) is 17.6 Å². The molecule has 7 atom stereocenters. The van der Waals surface area contributed by atoms with E-state index in [2.05, 4.69) is 5.32 Å². The van der Waals surface area contributed by atoms with Gasteiger partial charge in [0.05, 0.1) is 35.0 Å². The van der Waals surface area contributed by atoms with Crippen molar-refractivity contribution in [3.05, 3.63) is 57.6 Å². The first-order chi connectivity index (χ1) is 17.5. The molecule has 0 bridgehead atoms. The van der Waals surface area contributed by atoms with Crippen molar-refractivity contribution in [2.45, 2.75) is 75.5 Å². The minimum atomic E-state index is -1.69. The molecule has 37 heavy (non-hydrogen) atoms. The second kappa shape index (κ2) is 9.16. The van der Waals surface area contributed by atoms with E-state index in [9.17, 15) is 35.1 Å². The molecule has 3 aliphatic rings. The lowest BCUT2D eigenvalue weighted by atomic mass is 9.71. The molecule has 2 aromatic carbocycles. The van der Waals surface area contributed by atoms with Gasteiger partial charge in [-0.25, -0.2) is 0 Å². The Labute approximate surface area is 213 Å². The first-order valence-electron chi connectivity index (χ1n) is 12.4. The molecule has 10 nitrogen and oxygen atoms in total. The summed E-state index contributed by atoms with van der Waals surface area (Å²) in [7, 11) is 1.71. The van der Waals surface area contributed by atoms with Crippen LogP contribution in [-0.4, -0.2) is 74.3 Å². The number of fused-ring (bicyclic) bond motifs is 3. The monoisotopic (exact) mass is 513 g/mol. The van der Waals surface area contributed by atoms with E-state index >= 15 is 0 Å². The molecule has 6 N–H and O–H groups in total. The van der Waals surface area contributed by atoms with Crippen molar-refractivity contribution < 1.29 is 44.6 Å². The van der Waals surface area contributed by atoms with Crippen LogP contribution in [-0.2, 0) is 9.47 Å². The molecule has 10 heteroatoms. The zero-order valence-electron chi connectivity index (χ0n) is 20.8. The summed E-state index contributed by atoms with van der Waals surface area (Å²) in [6.07, 6.45) is -4.24. The van der Waals surface area contributed by atoms with Crippen LogP contribution < -0.4 is 5.32 Å². The summed E-state index contributed by atoms with van der Waals surface area (Å²) >= 11 is 0. The van der Waals surface area contributed by atoms with Crippen molar-refractivity contribution in [3.8, 4) is 11.5 Å². The third kappa shape index (κ3) is 3.87. The summed E-state index contributed by atoms with van der Waals surface area (Å²) in [6, 6.07) is 5.19. The van der Waals surface area contributed by atoms with Crippen LogP contribution in [0.15, 0.2) is 24.3 Å². The lowest BCUT2D eigenvalue weighted by Crippen LogP contribution is -2.53. The normalized spacial score (nSPS) is 33.0. The van der Waals surface area contributed by atoms with Gasteiger partial charge in [0.25, 0.3) is 0 Å². The van der Waals surface area contributed by atoms with E-state index in [1.807, 2.05) is 0 Å². The highest BCUT2D eigenvalue weighted by molar-refractivity contribution is 6.30. The molecule has 0 spiro atoms. The quantitative estimate of drug-likeness (QED) is 0.302. The Morgan fingerprint density at radius 1 is 1.14 bits per heavy atom. The van der Waals surface area contributed by atoms with Gasteiger partial charge in [-0.3, -0.25) is 9.59 Å². The van der Waals surface area contributed by atoms with E-state index in [-0.39, 0.29) is 64.4 Å². The van der Waals surface area contributed by atoms with Crippen molar-refractivity contribution in [2.75, 3.05) is 7.05 Å². The zero-order chi connectivity index (χ0) is 26.8. The minimum absolute atomic E-state index is 0.0575. The standard InChI is InChI=1S/C27H31NO9/c1-4-27(35)10-17(37-18-9-15(28-3)22(30)11(2)36-18)13-8-14-20(25(33)21(13)26(27)34)23(31)12-6-5-7-16(29)19(12)24(14)32/h5-8,11,15,17-18,22,26,28-30,33-35H,4,9-10H2,1-3H3/t11-,15-,17-,18-,22+,26+,27+/m0/s1. The van der Waals surface area contributed by atoms with Gasteiger partial charge >= 0.3 is 0 Å². The van der Waals surface area contributed by atoms with Gasteiger partial charge in [0.15, 0.2) is 17.9 Å². The van der Waals surface area contributed by atoms with Crippen molar-refractivity contribution >= 4 is 11.6 Å². The Morgan fingerprint density at radius 3 is 2.51 bits per heavy atom. The van der Waals surface area contributed by atoms with E-state index in [1.165, 1.54) is 24.3 Å². The van der Waals surface area contributed by atoms with Crippen molar-refractivity contribution in [1.29, 1.82) is 0 Å². The highest BCUT2D eigenvalue weighted by atomic mass is 16.7. The number of aliphatic hydroxyl groups is 3. The summed E-state index contributed by atoms with van der Waals surface area (Å²) in [5.74, 6) is -2.28. The van der Waals surface area contributed by atoms with Crippen LogP contribution in [0.25, 0.3) is 0 Å². The van der Waals surface area contributed by atoms with E-state index in [0.717, 1.165) is 0 Å². The number of phenols is 2. The SMILES string of the molecule is CC[C@@]1(O)C[C@H](O[C@H]2C[C@H](NC)[C@H](O)[C@H](C)O2)c2cc3c(c(O)c2[C@H]1O)C(=O)c1cccc(O)c1C3=O. The Bertz CT molecular complexity index is 1280. The van der Waals surface area contributed by atoms with Crippen molar-refractivity contribution in [1.82, 2.24) is 5.32 Å². The fourth-order valence-corrected chi connectivity index (χ4v) is 5.78. The van der Waals surface area contributed by atoms with Gasteiger partial charge < -0.3 is 40.3 Å². The van der Waals surface area contributed by atoms with Crippen LogP contribution >= 0.6 is 0 Å². The van der Waals surface area contributed by atoms with Gasteiger partial charge in [0, 0.05) is 35.6 Å². The van der Waals surface area contributed by atoms with Gasteiger partial charge in [-0.15, -0.1) is 0 Å². The highest BCUT2D eigenvalue weighted by Crippen LogP contribution is 2.52. The second-order valence-corrected chi connectivity index (χ2v) is 10.1. The molecule has 0 saturated carbocycles. The van der Waals surface area contributed by atoms with Crippen molar-refractivity contribution in [2.24, 2.45) is 0 Å². The average molecular weight is 514 g/mol. The van der Waals surface area contributed by atoms with Gasteiger partial charge in [-0.05, 0) is 38.1 Å². The maximum absolute atomic E-state index is 13.4. The molecular weight excluding hydrogens is 482 g/mol. The molecular formula is C27H31NO9. The largest absolute Gasteiger partial charge is 0.507 e. The number of ketones is 2. The summed E-state index contributed by atoms with van der Waals surface area (Å²) in [4.78, 5) is 26.7. The number of benzene rings is 2. The molecule has 0 amide bonds. The maximum atomic E-state index is 13.4. The summed E-state index contributed by atoms with van der Waals surface area (Å²) < 4.78 is 12.1. The number of nitrogens with one attached hydrogen (secondary N) is 1. The van der Waals surface area contributed by atoms with Crippen LogP contribution in [0, 0.1) is 0 Å². The molecule has 198 valence electrons. The third-order valence-electron chi connectivity index (χ3n) is 8.03. The lowest BCUT2D eigenvalue weighted by molar-refractivity contribution is -0.254. The van der Waals surface area contributed by atoms with E-state index in [0.29, 0.717) is 0 Å². The molecule has 0 unspecified atom stereocenters. The number of aliphatic hydroxyl groups excluding tert-OH is 2. The third-order valence-corrected chi connectivity index (χ3v) is 8.03. The fraction of sp³-hybridized carbons (Fsp3) is 0.481. The number of carbonyl (C=O) groups is 2. The van der Waals surface area contributed by atoms with Gasteiger partial charge in [-0.2, -0.15) is 0 Å². The Morgan fingerprint density at radius 2 is 1.84 bits per heavy atom. The second-order valence-electron chi connectivity index (χ2n) is 10.1. The number of aromatic hydroxyl groups is 2. The first kappa shape index (κ1) is 25.8. The topological polar surface area (TPSA) is 166 Å². The maximum Gasteiger partial charge on any atom is 0.198 e. The molecule has 1 fully saturated rings. The predicted molar refractivity (Wildman–Crippen MR) is 130 cm³/mol. The van der Waals surface area contributed by atoms with Gasteiger partial charge in [-0.1, -0.05) is 19.1 Å². The number of likely N-dealkylation sites (N-methyl/N-ethyl adjacent to an activating group) is 1. The summed E-state index contributed by atoms with van der Waals surface area (Å²) in [5, 5.41) is 57.5. The summed E-state index contributed by atoms with van der Waals surface area (Å²) in [6.45, 7) is 3.39. The first-order valence-corrected chi connectivity index (χ1v) is 12.4. The molecule has 2 aromatic rings. The highest BCUT2D eigenvalue weighted by Gasteiger charge is 2.49. The van der Waals surface area contributed by atoms with E-state index in [1.54, 1.807) is 20.9 Å². The van der Waals surface area contributed by atoms with Crippen LogP contribution in [0.4, 0.5) is 0 Å². The smallest absolute Gasteiger partial charge is 0.198 e. The van der Waals surface area contributed by atoms with Crippen LogP contribution in [0.3, 0.4) is 0 Å². The fourth-order valence-electron chi connectivity index (χ4n) is 5.78. The molecule has 2 aliphatic carbocycles. The van der Waals surface area contributed by atoms with Crippen LogP contribution in [0.2, 0.25) is 0 Å². The van der Waals surface area contributed by atoms with Gasteiger partial charge in [0.2, 0.25) is 0 Å². The lowest BCUT2D eigenvalue weighted by Gasteiger charge is -2.45. The van der Waals surface area contributed by atoms with E-state index in [4.69, 9.17) is 9.47 Å². The number of ether oxygens (including phenoxy) is 2. The molecule has 0 aromatic heterocycles. The number of carbonyl (C=O) groups excluding carboxylic acids is 2. The molecule has 5 rings (SSSR count). The van der Waals surface area contributed by atoms with Crippen molar-refractivity contribution in [3.63, 3.8) is 0 Å². The molecule has 0 radical (unpaired) electrons. The molecule has 1 saturated heterocycles.